The molecule has 5 rings (SSSR count). The summed E-state index contributed by atoms with van der Waals surface area (Å²) in [5, 5.41) is 0. The van der Waals surface area contributed by atoms with Crippen LogP contribution in [0.1, 0.15) is 50.5 Å². The van der Waals surface area contributed by atoms with Crippen molar-refractivity contribution in [3.05, 3.63) is 35.9 Å². The Kier molecular flexibility index (Phi) is 2.57. The second-order valence-corrected chi connectivity index (χ2v) is 7.65. The van der Waals surface area contributed by atoms with E-state index in [0.29, 0.717) is 10.8 Å². The molecule has 19 heavy (non-hydrogen) atoms. The minimum Gasteiger partial charge on any atom is -0.330 e. The smallest absolute Gasteiger partial charge is 0.00364 e. The second-order valence-electron chi connectivity index (χ2n) is 7.65. The van der Waals surface area contributed by atoms with Crippen molar-refractivity contribution in [2.45, 2.75) is 50.4 Å². The van der Waals surface area contributed by atoms with Crippen molar-refractivity contribution >= 4 is 0 Å². The zero-order chi connectivity index (χ0) is 12.9. The highest BCUT2D eigenvalue weighted by atomic mass is 14.6. The van der Waals surface area contributed by atoms with Crippen LogP contribution in [-0.2, 0) is 5.41 Å². The molecule has 0 heterocycles. The molecule has 102 valence electrons. The van der Waals surface area contributed by atoms with Crippen LogP contribution in [0.3, 0.4) is 0 Å². The van der Waals surface area contributed by atoms with Gasteiger partial charge < -0.3 is 5.73 Å². The Hall–Kier alpha value is -0.820. The summed E-state index contributed by atoms with van der Waals surface area (Å²) < 4.78 is 0. The highest BCUT2D eigenvalue weighted by molar-refractivity contribution is 5.30. The molecule has 2 N–H and O–H groups in total. The highest BCUT2D eigenvalue weighted by Gasteiger charge is 2.57. The van der Waals surface area contributed by atoms with Crippen LogP contribution in [0, 0.1) is 17.3 Å². The Morgan fingerprint density at radius 1 is 1.00 bits per heavy atom. The van der Waals surface area contributed by atoms with E-state index in [9.17, 15) is 0 Å². The fraction of sp³-hybridized carbons (Fsp3) is 0.667. The van der Waals surface area contributed by atoms with Gasteiger partial charge in [0.1, 0.15) is 0 Å². The fourth-order valence-corrected chi connectivity index (χ4v) is 6.18. The van der Waals surface area contributed by atoms with Gasteiger partial charge in [0.25, 0.3) is 0 Å². The second kappa shape index (κ2) is 4.09. The van der Waals surface area contributed by atoms with Crippen molar-refractivity contribution in [2.24, 2.45) is 23.0 Å². The summed E-state index contributed by atoms with van der Waals surface area (Å²) in [6.45, 7) is 0.879. The molecule has 1 nitrogen and oxygen atoms in total. The highest BCUT2D eigenvalue weighted by Crippen LogP contribution is 2.66. The molecule has 0 amide bonds. The van der Waals surface area contributed by atoms with Crippen LogP contribution >= 0.6 is 0 Å². The molecular formula is C18H25N. The van der Waals surface area contributed by atoms with Crippen LogP contribution in [-0.4, -0.2) is 6.54 Å². The third-order valence-corrected chi connectivity index (χ3v) is 6.24. The lowest BCUT2D eigenvalue weighted by molar-refractivity contribution is -0.0748. The van der Waals surface area contributed by atoms with Gasteiger partial charge in [-0.2, -0.15) is 0 Å². The lowest BCUT2D eigenvalue weighted by atomic mass is 9.42. The van der Waals surface area contributed by atoms with Gasteiger partial charge in [-0.05, 0) is 79.7 Å². The summed E-state index contributed by atoms with van der Waals surface area (Å²) in [5.74, 6) is 1.96. The van der Waals surface area contributed by atoms with Crippen LogP contribution in [0.2, 0.25) is 0 Å². The van der Waals surface area contributed by atoms with Crippen molar-refractivity contribution in [2.75, 3.05) is 6.54 Å². The Morgan fingerprint density at radius 3 is 2.32 bits per heavy atom. The molecule has 4 aliphatic rings. The average Bonchev–Trinajstić information content (AvgIpc) is 2.38. The van der Waals surface area contributed by atoms with Crippen LogP contribution in [0.15, 0.2) is 30.3 Å². The standard InChI is InChI=1S/C18H25N/c19-7-6-17-9-14-8-15(10-17)12-18(11-14,13-17)16-4-2-1-3-5-16/h1-5,14-15H,6-13,19H2/t14-,15+,17?,18?. The maximum Gasteiger partial charge on any atom is -0.00364 e. The molecule has 1 heteroatoms. The Bertz CT molecular complexity index is 450. The van der Waals surface area contributed by atoms with Gasteiger partial charge in [-0.25, -0.2) is 0 Å². The van der Waals surface area contributed by atoms with Gasteiger partial charge in [-0.3, -0.25) is 0 Å². The van der Waals surface area contributed by atoms with Crippen LogP contribution in [0.5, 0.6) is 0 Å². The molecule has 4 aliphatic carbocycles. The van der Waals surface area contributed by atoms with Gasteiger partial charge in [0.15, 0.2) is 0 Å². The molecule has 0 aromatic heterocycles. The third-order valence-electron chi connectivity index (χ3n) is 6.24. The predicted octanol–water partition coefficient (Wildman–Crippen LogP) is 3.87. The summed E-state index contributed by atoms with van der Waals surface area (Å²) in [6.07, 6.45) is 9.99. The van der Waals surface area contributed by atoms with E-state index in [1.165, 1.54) is 44.9 Å². The molecule has 2 unspecified atom stereocenters. The Morgan fingerprint density at radius 2 is 1.68 bits per heavy atom. The maximum atomic E-state index is 5.93. The van der Waals surface area contributed by atoms with Crippen molar-refractivity contribution < 1.29 is 0 Å². The van der Waals surface area contributed by atoms with Gasteiger partial charge in [0.05, 0.1) is 0 Å². The lowest BCUT2D eigenvalue weighted by Crippen LogP contribution is -2.54. The summed E-state index contributed by atoms with van der Waals surface area (Å²) >= 11 is 0. The number of rotatable bonds is 3. The molecule has 1 aromatic carbocycles. The van der Waals surface area contributed by atoms with Gasteiger partial charge >= 0.3 is 0 Å². The largest absolute Gasteiger partial charge is 0.330 e. The molecule has 0 spiro atoms. The first-order valence-corrected chi connectivity index (χ1v) is 7.99. The predicted molar refractivity (Wildman–Crippen MR) is 78.9 cm³/mol. The Labute approximate surface area is 116 Å². The quantitative estimate of drug-likeness (QED) is 0.871. The van der Waals surface area contributed by atoms with E-state index in [4.69, 9.17) is 5.73 Å². The summed E-state index contributed by atoms with van der Waals surface area (Å²) in [5.41, 5.74) is 8.64. The van der Waals surface area contributed by atoms with Crippen LogP contribution in [0.4, 0.5) is 0 Å². The van der Waals surface area contributed by atoms with Crippen molar-refractivity contribution in [3.8, 4) is 0 Å². The maximum absolute atomic E-state index is 5.93. The SMILES string of the molecule is NCCC12C[C@H]3C[C@@H](C1)CC(c1ccccc1)(C3)C2. The van der Waals surface area contributed by atoms with Gasteiger partial charge in [0.2, 0.25) is 0 Å². The van der Waals surface area contributed by atoms with E-state index in [1.54, 1.807) is 5.56 Å². The monoisotopic (exact) mass is 255 g/mol. The molecule has 1 aromatic rings. The topological polar surface area (TPSA) is 26.0 Å². The van der Waals surface area contributed by atoms with Gasteiger partial charge in [0, 0.05) is 0 Å². The van der Waals surface area contributed by atoms with Crippen molar-refractivity contribution in [1.29, 1.82) is 0 Å². The third kappa shape index (κ3) is 1.78. The minimum atomic E-state index is 0.501. The first-order valence-electron chi connectivity index (χ1n) is 7.99. The molecule has 4 atom stereocenters. The molecular weight excluding hydrogens is 230 g/mol. The number of nitrogens with two attached hydrogens (primary N) is 1. The number of hydrogen-bond acceptors (Lipinski definition) is 1. The van der Waals surface area contributed by atoms with Gasteiger partial charge in [-0.15, -0.1) is 0 Å². The molecule has 4 saturated carbocycles. The number of hydrogen-bond donors (Lipinski definition) is 1. The summed E-state index contributed by atoms with van der Waals surface area (Å²) in [6, 6.07) is 11.4. The normalized spacial score (nSPS) is 43.6. The van der Waals surface area contributed by atoms with E-state index in [1.807, 2.05) is 0 Å². The first-order chi connectivity index (χ1) is 9.24. The minimum absolute atomic E-state index is 0.501. The Balaban J connectivity index is 1.74. The van der Waals surface area contributed by atoms with Crippen molar-refractivity contribution in [3.63, 3.8) is 0 Å². The zero-order valence-electron chi connectivity index (χ0n) is 11.8. The fourth-order valence-electron chi connectivity index (χ4n) is 6.18. The lowest BCUT2D eigenvalue weighted by Gasteiger charge is -2.62. The van der Waals surface area contributed by atoms with E-state index < -0.39 is 0 Å². The van der Waals surface area contributed by atoms with Crippen molar-refractivity contribution in [1.82, 2.24) is 0 Å². The van der Waals surface area contributed by atoms with E-state index >= 15 is 0 Å². The number of benzene rings is 1. The van der Waals surface area contributed by atoms with Gasteiger partial charge in [-0.1, -0.05) is 30.3 Å². The first kappa shape index (κ1) is 12.0. The summed E-state index contributed by atoms with van der Waals surface area (Å²) in [4.78, 5) is 0. The molecule has 0 aliphatic heterocycles. The molecule has 0 radical (unpaired) electrons. The summed E-state index contributed by atoms with van der Waals surface area (Å²) in [7, 11) is 0. The average molecular weight is 255 g/mol. The van der Waals surface area contributed by atoms with E-state index in [2.05, 4.69) is 30.3 Å². The van der Waals surface area contributed by atoms with E-state index in [0.717, 1.165) is 18.4 Å². The molecule has 4 fully saturated rings. The van der Waals surface area contributed by atoms with Crippen LogP contribution < -0.4 is 5.73 Å². The molecule has 0 saturated heterocycles. The van der Waals surface area contributed by atoms with Crippen LogP contribution in [0.25, 0.3) is 0 Å². The van der Waals surface area contributed by atoms with E-state index in [-0.39, 0.29) is 0 Å². The zero-order valence-corrected chi connectivity index (χ0v) is 11.8. The molecule has 4 bridgehead atoms.